The molecule has 0 bridgehead atoms. The van der Waals surface area contributed by atoms with Crippen LogP contribution in [0.15, 0.2) is 24.3 Å². The lowest BCUT2D eigenvalue weighted by molar-refractivity contribution is -0.115. The van der Waals surface area contributed by atoms with E-state index in [1.165, 1.54) is 0 Å². The summed E-state index contributed by atoms with van der Waals surface area (Å²) in [5, 5.41) is 6.01. The third-order valence-electron chi connectivity index (χ3n) is 3.39. The largest absolute Gasteiger partial charge is 0.495 e. The second kappa shape index (κ2) is 10.2. The standard InChI is InChI=1S/C16H27N3O2/c1-4-19(5-2)12-8-11-17-13-16(20)18-14-9-6-7-10-15(14)21-3/h6-7,9-10,17H,4-5,8,11-13H2,1-3H3,(H,18,20). The molecule has 118 valence electrons. The number of benzene rings is 1. The molecule has 5 heteroatoms. The van der Waals surface area contributed by atoms with Crippen LogP contribution in [0.4, 0.5) is 5.69 Å². The lowest BCUT2D eigenvalue weighted by atomic mass is 10.3. The van der Waals surface area contributed by atoms with Gasteiger partial charge in [0.05, 0.1) is 19.3 Å². The van der Waals surface area contributed by atoms with Gasteiger partial charge in [-0.3, -0.25) is 4.79 Å². The van der Waals surface area contributed by atoms with E-state index in [2.05, 4.69) is 29.4 Å². The quantitative estimate of drug-likeness (QED) is 0.648. The first-order chi connectivity index (χ1) is 10.2. The fraction of sp³-hybridized carbons (Fsp3) is 0.562. The summed E-state index contributed by atoms with van der Waals surface area (Å²) < 4.78 is 5.20. The van der Waals surface area contributed by atoms with E-state index in [0.717, 1.165) is 32.6 Å². The lowest BCUT2D eigenvalue weighted by Crippen LogP contribution is -2.31. The maximum Gasteiger partial charge on any atom is 0.238 e. The molecule has 1 rings (SSSR count). The van der Waals surface area contributed by atoms with Crippen LogP contribution in [-0.4, -0.2) is 50.6 Å². The SMILES string of the molecule is CCN(CC)CCCNCC(=O)Nc1ccccc1OC. The summed E-state index contributed by atoms with van der Waals surface area (Å²) in [5.41, 5.74) is 0.704. The van der Waals surface area contributed by atoms with Crippen LogP contribution in [0.25, 0.3) is 0 Å². The van der Waals surface area contributed by atoms with Crippen LogP contribution >= 0.6 is 0 Å². The average molecular weight is 293 g/mol. The third kappa shape index (κ3) is 6.60. The van der Waals surface area contributed by atoms with Gasteiger partial charge in [0, 0.05) is 0 Å². The molecule has 1 aromatic carbocycles. The summed E-state index contributed by atoms with van der Waals surface area (Å²) in [7, 11) is 1.59. The number of nitrogens with zero attached hydrogens (tertiary/aromatic N) is 1. The number of nitrogens with one attached hydrogen (secondary N) is 2. The Kier molecular flexibility index (Phi) is 8.47. The molecule has 0 radical (unpaired) electrons. The summed E-state index contributed by atoms with van der Waals surface area (Å²) in [6, 6.07) is 7.40. The Balaban J connectivity index is 2.22. The van der Waals surface area contributed by atoms with Gasteiger partial charge in [0.15, 0.2) is 0 Å². The Hall–Kier alpha value is -1.59. The molecule has 2 N–H and O–H groups in total. The van der Waals surface area contributed by atoms with Gasteiger partial charge in [-0.1, -0.05) is 26.0 Å². The number of hydrogen-bond acceptors (Lipinski definition) is 4. The van der Waals surface area contributed by atoms with Crippen molar-refractivity contribution < 1.29 is 9.53 Å². The number of rotatable bonds is 10. The van der Waals surface area contributed by atoms with Crippen LogP contribution in [-0.2, 0) is 4.79 Å². The van der Waals surface area contributed by atoms with E-state index in [1.54, 1.807) is 7.11 Å². The zero-order chi connectivity index (χ0) is 15.5. The van der Waals surface area contributed by atoms with E-state index in [0.29, 0.717) is 18.0 Å². The van der Waals surface area contributed by atoms with Crippen molar-refractivity contribution in [3.8, 4) is 5.75 Å². The number of amides is 1. The maximum absolute atomic E-state index is 11.9. The summed E-state index contributed by atoms with van der Waals surface area (Å²) in [5.74, 6) is 0.620. The van der Waals surface area contributed by atoms with Crippen LogP contribution in [0.2, 0.25) is 0 Å². The lowest BCUT2D eigenvalue weighted by Gasteiger charge is -2.17. The highest BCUT2D eigenvalue weighted by atomic mass is 16.5. The number of hydrogen-bond donors (Lipinski definition) is 2. The minimum atomic E-state index is -0.0534. The molecule has 0 aliphatic heterocycles. The highest BCUT2D eigenvalue weighted by Gasteiger charge is 2.06. The van der Waals surface area contributed by atoms with Gasteiger partial charge in [0.25, 0.3) is 0 Å². The number of methoxy groups -OCH3 is 1. The summed E-state index contributed by atoms with van der Waals surface area (Å²) in [4.78, 5) is 14.2. The van der Waals surface area contributed by atoms with Crippen molar-refractivity contribution in [3.05, 3.63) is 24.3 Å². The molecule has 0 aromatic heterocycles. The van der Waals surface area contributed by atoms with E-state index < -0.39 is 0 Å². The molecule has 0 spiro atoms. The van der Waals surface area contributed by atoms with Crippen molar-refractivity contribution in [3.63, 3.8) is 0 Å². The monoisotopic (exact) mass is 293 g/mol. The minimum absolute atomic E-state index is 0.0534. The minimum Gasteiger partial charge on any atom is -0.495 e. The van der Waals surface area contributed by atoms with Crippen molar-refractivity contribution in [1.29, 1.82) is 0 Å². The third-order valence-corrected chi connectivity index (χ3v) is 3.39. The van der Waals surface area contributed by atoms with Gasteiger partial charge in [0.1, 0.15) is 5.75 Å². The molecule has 5 nitrogen and oxygen atoms in total. The Morgan fingerprint density at radius 3 is 2.62 bits per heavy atom. The second-order valence-electron chi connectivity index (χ2n) is 4.81. The van der Waals surface area contributed by atoms with Gasteiger partial charge < -0.3 is 20.3 Å². The number of carbonyl (C=O) groups excluding carboxylic acids is 1. The first-order valence-corrected chi connectivity index (χ1v) is 7.57. The van der Waals surface area contributed by atoms with Crippen LogP contribution in [0.1, 0.15) is 20.3 Å². The smallest absolute Gasteiger partial charge is 0.238 e. The molecule has 0 aliphatic carbocycles. The van der Waals surface area contributed by atoms with Gasteiger partial charge in [-0.2, -0.15) is 0 Å². The molecule has 0 saturated heterocycles. The molecular weight excluding hydrogens is 266 g/mol. The molecule has 0 heterocycles. The zero-order valence-electron chi connectivity index (χ0n) is 13.3. The molecule has 0 aliphatic rings. The molecule has 0 unspecified atom stereocenters. The van der Waals surface area contributed by atoms with Crippen LogP contribution in [0.3, 0.4) is 0 Å². The highest BCUT2D eigenvalue weighted by Crippen LogP contribution is 2.22. The topological polar surface area (TPSA) is 53.6 Å². The van der Waals surface area contributed by atoms with Gasteiger partial charge in [0.2, 0.25) is 5.91 Å². The maximum atomic E-state index is 11.9. The molecular formula is C16H27N3O2. The Morgan fingerprint density at radius 1 is 1.24 bits per heavy atom. The summed E-state index contributed by atoms with van der Waals surface area (Å²) >= 11 is 0. The molecule has 0 saturated carbocycles. The number of para-hydroxylation sites is 2. The Bertz CT molecular complexity index is 420. The molecule has 0 fully saturated rings. The van der Waals surface area contributed by atoms with Gasteiger partial charge in [-0.25, -0.2) is 0 Å². The molecule has 1 amide bonds. The Labute approximate surface area is 127 Å². The predicted molar refractivity (Wildman–Crippen MR) is 86.9 cm³/mol. The van der Waals surface area contributed by atoms with Crippen molar-refractivity contribution in [2.24, 2.45) is 0 Å². The van der Waals surface area contributed by atoms with E-state index >= 15 is 0 Å². The molecule has 1 aromatic rings. The number of carbonyl (C=O) groups is 1. The molecule has 21 heavy (non-hydrogen) atoms. The van der Waals surface area contributed by atoms with Gasteiger partial charge in [-0.15, -0.1) is 0 Å². The highest BCUT2D eigenvalue weighted by molar-refractivity contribution is 5.93. The Morgan fingerprint density at radius 2 is 1.95 bits per heavy atom. The fourth-order valence-electron chi connectivity index (χ4n) is 2.11. The van der Waals surface area contributed by atoms with Crippen molar-refractivity contribution >= 4 is 11.6 Å². The van der Waals surface area contributed by atoms with E-state index in [4.69, 9.17) is 4.74 Å². The van der Waals surface area contributed by atoms with Crippen LogP contribution in [0, 0.1) is 0 Å². The average Bonchev–Trinajstić information content (AvgIpc) is 2.51. The van der Waals surface area contributed by atoms with E-state index in [9.17, 15) is 4.79 Å². The molecule has 0 atom stereocenters. The fourth-order valence-corrected chi connectivity index (χ4v) is 2.11. The van der Waals surface area contributed by atoms with Gasteiger partial charge in [-0.05, 0) is 44.7 Å². The van der Waals surface area contributed by atoms with E-state index in [1.807, 2.05) is 24.3 Å². The predicted octanol–water partition coefficient (Wildman–Crippen LogP) is 1.96. The normalized spacial score (nSPS) is 10.7. The summed E-state index contributed by atoms with van der Waals surface area (Å²) in [6.07, 6.45) is 1.05. The number of anilines is 1. The first-order valence-electron chi connectivity index (χ1n) is 7.57. The van der Waals surface area contributed by atoms with E-state index in [-0.39, 0.29) is 5.91 Å². The van der Waals surface area contributed by atoms with Crippen LogP contribution < -0.4 is 15.4 Å². The van der Waals surface area contributed by atoms with Crippen molar-refractivity contribution in [2.75, 3.05) is 45.2 Å². The van der Waals surface area contributed by atoms with Crippen molar-refractivity contribution in [2.45, 2.75) is 20.3 Å². The first kappa shape index (κ1) is 17.5. The zero-order valence-corrected chi connectivity index (χ0v) is 13.3. The summed E-state index contributed by atoms with van der Waals surface area (Å²) in [6.45, 7) is 8.70. The van der Waals surface area contributed by atoms with Crippen LogP contribution in [0.5, 0.6) is 5.75 Å². The van der Waals surface area contributed by atoms with Crippen molar-refractivity contribution in [1.82, 2.24) is 10.2 Å². The van der Waals surface area contributed by atoms with Gasteiger partial charge >= 0.3 is 0 Å². The number of ether oxygens (including phenoxy) is 1. The second-order valence-corrected chi connectivity index (χ2v) is 4.81.